The van der Waals surface area contributed by atoms with Crippen molar-refractivity contribution in [3.63, 3.8) is 0 Å². The summed E-state index contributed by atoms with van der Waals surface area (Å²) in [5.74, 6) is 0.876. The summed E-state index contributed by atoms with van der Waals surface area (Å²) in [5.41, 5.74) is 8.09. The van der Waals surface area contributed by atoms with Crippen molar-refractivity contribution in [1.29, 1.82) is 0 Å². The Balaban J connectivity index is 3.06. The average molecular weight is 285 g/mol. The molecule has 9 nitrogen and oxygen atoms in total. The Morgan fingerprint density at radius 3 is 2.40 bits per heavy atom. The predicted molar refractivity (Wildman–Crippen MR) is 72.0 cm³/mol. The van der Waals surface area contributed by atoms with Gasteiger partial charge in [-0.1, -0.05) is 0 Å². The number of aromatic nitrogens is 2. The molecular formula is C11H19N5O4. The van der Waals surface area contributed by atoms with Crippen LogP contribution in [-0.4, -0.2) is 35.0 Å². The van der Waals surface area contributed by atoms with Crippen LogP contribution in [0.4, 0.5) is 21.2 Å². The van der Waals surface area contributed by atoms with E-state index < -0.39 is 12.2 Å². The van der Waals surface area contributed by atoms with E-state index in [-0.39, 0.29) is 24.8 Å². The molecule has 0 unspecified atom stereocenters. The Morgan fingerprint density at radius 1 is 1.35 bits per heavy atom. The highest BCUT2D eigenvalue weighted by Crippen LogP contribution is 2.22. The Morgan fingerprint density at radius 2 is 1.95 bits per heavy atom. The van der Waals surface area contributed by atoms with Crippen molar-refractivity contribution in [1.82, 2.24) is 15.0 Å². The summed E-state index contributed by atoms with van der Waals surface area (Å²) < 4.78 is 11.2. The van der Waals surface area contributed by atoms with Gasteiger partial charge in [-0.2, -0.15) is 5.01 Å². The van der Waals surface area contributed by atoms with Gasteiger partial charge in [0.1, 0.15) is 5.82 Å². The smallest absolute Gasteiger partial charge is 0.435 e. The van der Waals surface area contributed by atoms with Crippen molar-refractivity contribution in [2.75, 3.05) is 24.0 Å². The lowest BCUT2D eigenvalue weighted by Gasteiger charge is -2.20. The van der Waals surface area contributed by atoms with Gasteiger partial charge in [0.05, 0.1) is 13.2 Å². The van der Waals surface area contributed by atoms with E-state index in [2.05, 4.69) is 10.4 Å². The monoisotopic (exact) mass is 285 g/mol. The molecule has 0 aliphatic carbocycles. The van der Waals surface area contributed by atoms with Crippen LogP contribution in [0.1, 0.15) is 19.7 Å². The SMILES string of the molecule is CCOC(=O)NN(C(=O)OCC)c1nc(C)n(C)c1N. The maximum absolute atomic E-state index is 11.9. The third-order valence-corrected chi connectivity index (χ3v) is 2.48. The number of anilines is 2. The molecule has 1 rings (SSSR count). The summed E-state index contributed by atoms with van der Waals surface area (Å²) in [6, 6.07) is 0. The zero-order valence-corrected chi connectivity index (χ0v) is 12.0. The quantitative estimate of drug-likeness (QED) is 0.799. The van der Waals surface area contributed by atoms with Crippen LogP contribution in [0.2, 0.25) is 0 Å². The summed E-state index contributed by atoms with van der Waals surface area (Å²) in [6.07, 6.45) is -1.60. The number of amides is 2. The lowest BCUT2D eigenvalue weighted by Crippen LogP contribution is -2.47. The first kappa shape index (κ1) is 15.6. The van der Waals surface area contributed by atoms with Crippen LogP contribution in [0.3, 0.4) is 0 Å². The first-order valence-electron chi connectivity index (χ1n) is 6.11. The van der Waals surface area contributed by atoms with Crippen LogP contribution in [0.15, 0.2) is 0 Å². The Kier molecular flexibility index (Phi) is 5.18. The highest BCUT2D eigenvalue weighted by Gasteiger charge is 2.26. The van der Waals surface area contributed by atoms with Gasteiger partial charge in [-0.05, 0) is 20.8 Å². The zero-order chi connectivity index (χ0) is 15.3. The lowest BCUT2D eigenvalue weighted by molar-refractivity contribution is 0.138. The Hall–Kier alpha value is -2.45. The maximum atomic E-state index is 11.9. The van der Waals surface area contributed by atoms with Gasteiger partial charge in [-0.3, -0.25) is 0 Å². The van der Waals surface area contributed by atoms with Gasteiger partial charge >= 0.3 is 12.2 Å². The van der Waals surface area contributed by atoms with E-state index in [4.69, 9.17) is 15.2 Å². The second kappa shape index (κ2) is 6.64. The third-order valence-electron chi connectivity index (χ3n) is 2.48. The molecule has 0 aromatic carbocycles. The van der Waals surface area contributed by atoms with E-state index in [1.54, 1.807) is 32.4 Å². The second-order valence-electron chi connectivity index (χ2n) is 3.79. The number of hydrogen-bond donors (Lipinski definition) is 2. The molecule has 0 aliphatic rings. The molecule has 1 aromatic rings. The van der Waals surface area contributed by atoms with E-state index in [0.29, 0.717) is 5.82 Å². The van der Waals surface area contributed by atoms with Crippen LogP contribution in [-0.2, 0) is 16.5 Å². The molecule has 0 spiro atoms. The summed E-state index contributed by atoms with van der Waals surface area (Å²) in [4.78, 5) is 27.5. The summed E-state index contributed by atoms with van der Waals surface area (Å²) in [5, 5.41) is 0.823. The predicted octanol–water partition coefficient (Wildman–Crippen LogP) is 0.935. The highest BCUT2D eigenvalue weighted by atomic mass is 16.6. The summed E-state index contributed by atoms with van der Waals surface area (Å²) in [7, 11) is 1.69. The number of hydrazine groups is 1. The van der Waals surface area contributed by atoms with Crippen molar-refractivity contribution in [2.45, 2.75) is 20.8 Å². The molecule has 0 fully saturated rings. The summed E-state index contributed by atoms with van der Waals surface area (Å²) in [6.45, 7) is 5.32. The van der Waals surface area contributed by atoms with Crippen LogP contribution in [0.5, 0.6) is 0 Å². The molecule has 0 saturated carbocycles. The number of nitrogens with one attached hydrogen (secondary N) is 1. The Bertz CT molecular complexity index is 499. The number of rotatable bonds is 3. The van der Waals surface area contributed by atoms with Crippen LogP contribution in [0.25, 0.3) is 0 Å². The van der Waals surface area contributed by atoms with Crippen LogP contribution >= 0.6 is 0 Å². The highest BCUT2D eigenvalue weighted by molar-refractivity contribution is 5.92. The molecule has 0 atom stereocenters. The van der Waals surface area contributed by atoms with Gasteiger partial charge in [-0.15, -0.1) is 0 Å². The largest absolute Gasteiger partial charge is 0.449 e. The molecule has 20 heavy (non-hydrogen) atoms. The molecule has 112 valence electrons. The van der Waals surface area contributed by atoms with Gasteiger partial charge in [0.2, 0.25) is 5.82 Å². The van der Waals surface area contributed by atoms with Crippen LogP contribution in [0, 0.1) is 6.92 Å². The minimum atomic E-state index is -0.803. The van der Waals surface area contributed by atoms with Gasteiger partial charge in [0.15, 0.2) is 5.82 Å². The molecule has 0 bridgehead atoms. The van der Waals surface area contributed by atoms with Gasteiger partial charge in [-0.25, -0.2) is 20.0 Å². The Labute approximate surface area is 116 Å². The zero-order valence-electron chi connectivity index (χ0n) is 12.0. The van der Waals surface area contributed by atoms with Gasteiger partial charge < -0.3 is 19.8 Å². The number of nitrogen functional groups attached to an aromatic ring is 1. The molecule has 0 saturated heterocycles. The molecule has 3 N–H and O–H groups in total. The van der Waals surface area contributed by atoms with Crippen molar-refractivity contribution in [3.05, 3.63) is 5.82 Å². The number of carbonyl (C=O) groups excluding carboxylic acids is 2. The third kappa shape index (κ3) is 3.31. The normalized spacial score (nSPS) is 10.0. The van der Waals surface area contributed by atoms with Crippen molar-refractivity contribution in [3.8, 4) is 0 Å². The van der Waals surface area contributed by atoms with Gasteiger partial charge in [0.25, 0.3) is 0 Å². The standard InChI is InChI=1S/C11H19N5O4/c1-5-19-10(17)14-16(11(18)20-6-2)9-8(12)15(4)7(3)13-9/h5-6,12H2,1-4H3,(H,14,17). The fourth-order valence-corrected chi connectivity index (χ4v) is 1.40. The fourth-order valence-electron chi connectivity index (χ4n) is 1.40. The van der Waals surface area contributed by atoms with E-state index in [9.17, 15) is 9.59 Å². The van der Waals surface area contributed by atoms with Crippen molar-refractivity contribution < 1.29 is 19.1 Å². The molecular weight excluding hydrogens is 266 g/mol. The van der Waals surface area contributed by atoms with E-state index in [1.165, 1.54) is 0 Å². The number of nitrogens with two attached hydrogens (primary N) is 1. The minimum absolute atomic E-state index is 0.0801. The number of ether oxygens (including phenoxy) is 2. The van der Waals surface area contributed by atoms with Gasteiger partial charge in [0, 0.05) is 7.05 Å². The van der Waals surface area contributed by atoms with E-state index >= 15 is 0 Å². The minimum Gasteiger partial charge on any atom is -0.449 e. The molecule has 1 heterocycles. The summed E-state index contributed by atoms with van der Waals surface area (Å²) >= 11 is 0. The van der Waals surface area contributed by atoms with Crippen molar-refractivity contribution in [2.24, 2.45) is 7.05 Å². The second-order valence-corrected chi connectivity index (χ2v) is 3.79. The van der Waals surface area contributed by atoms with E-state index in [1.807, 2.05) is 0 Å². The first-order valence-corrected chi connectivity index (χ1v) is 6.11. The molecule has 9 heteroatoms. The van der Waals surface area contributed by atoms with Crippen molar-refractivity contribution >= 4 is 23.8 Å². The average Bonchev–Trinajstić information content (AvgIpc) is 2.64. The lowest BCUT2D eigenvalue weighted by atomic mass is 10.6. The van der Waals surface area contributed by atoms with Crippen LogP contribution < -0.4 is 16.2 Å². The fraction of sp³-hybridized carbons (Fsp3) is 0.545. The number of imidazole rings is 1. The van der Waals surface area contributed by atoms with E-state index in [0.717, 1.165) is 5.01 Å². The molecule has 1 aromatic heterocycles. The molecule has 0 radical (unpaired) electrons. The number of nitrogens with zero attached hydrogens (tertiary/aromatic N) is 3. The maximum Gasteiger partial charge on any atom is 0.435 e. The first-order chi connectivity index (χ1) is 9.42. The molecule has 2 amide bonds. The number of hydrogen-bond acceptors (Lipinski definition) is 6. The molecule has 0 aliphatic heterocycles. The number of aryl methyl sites for hydroxylation is 1. The topological polar surface area (TPSA) is 112 Å². The number of carbonyl (C=O) groups is 2.